The molecule has 15 heavy (non-hydrogen) atoms. The van der Waals surface area contributed by atoms with E-state index in [-0.39, 0.29) is 12.1 Å². The van der Waals surface area contributed by atoms with Crippen molar-refractivity contribution < 1.29 is 4.79 Å². The van der Waals surface area contributed by atoms with Gasteiger partial charge in [-0.15, -0.1) is 0 Å². The topological polar surface area (TPSA) is 32.3 Å². The van der Waals surface area contributed by atoms with Crippen molar-refractivity contribution in [1.29, 1.82) is 0 Å². The van der Waals surface area contributed by atoms with Crippen molar-refractivity contribution in [3.8, 4) is 0 Å². The van der Waals surface area contributed by atoms with Crippen molar-refractivity contribution in [3.05, 3.63) is 28.8 Å². The van der Waals surface area contributed by atoms with Gasteiger partial charge in [0.1, 0.15) is 6.17 Å². The Labute approximate surface area is 93.0 Å². The highest BCUT2D eigenvalue weighted by molar-refractivity contribution is 6.31. The molecule has 3 rings (SSSR count). The number of carbonyl (C=O) groups excluding carboxylic acids is 1. The minimum Gasteiger partial charge on any atom is -0.351 e. The lowest BCUT2D eigenvalue weighted by Gasteiger charge is -2.33. The summed E-state index contributed by atoms with van der Waals surface area (Å²) in [4.78, 5) is 14.0. The smallest absolute Gasteiger partial charge is 0.254 e. The van der Waals surface area contributed by atoms with Crippen molar-refractivity contribution in [2.24, 2.45) is 0 Å². The maximum Gasteiger partial charge on any atom is 0.254 e. The number of hydrogen-bond acceptors (Lipinski definition) is 2. The van der Waals surface area contributed by atoms with Gasteiger partial charge in [-0.2, -0.15) is 0 Å². The zero-order valence-electron chi connectivity index (χ0n) is 8.16. The molecule has 0 saturated carbocycles. The maximum atomic E-state index is 11.8. The van der Waals surface area contributed by atoms with Crippen molar-refractivity contribution in [2.75, 3.05) is 11.4 Å². The average molecular weight is 223 g/mol. The molecule has 0 bridgehead atoms. The van der Waals surface area contributed by atoms with Crippen LogP contribution in [0.3, 0.4) is 0 Å². The van der Waals surface area contributed by atoms with Crippen LogP contribution in [0, 0.1) is 0 Å². The molecule has 0 radical (unpaired) electrons. The van der Waals surface area contributed by atoms with Crippen molar-refractivity contribution in [1.82, 2.24) is 5.32 Å². The number of halogens is 1. The van der Waals surface area contributed by atoms with Crippen molar-refractivity contribution in [3.63, 3.8) is 0 Å². The molecule has 3 nitrogen and oxygen atoms in total. The Morgan fingerprint density at radius 2 is 2.33 bits per heavy atom. The van der Waals surface area contributed by atoms with E-state index >= 15 is 0 Å². The summed E-state index contributed by atoms with van der Waals surface area (Å²) in [6, 6.07) is 5.44. The third-order valence-corrected chi connectivity index (χ3v) is 3.30. The quantitative estimate of drug-likeness (QED) is 0.728. The summed E-state index contributed by atoms with van der Waals surface area (Å²) in [6.07, 6.45) is 2.32. The average Bonchev–Trinajstić information content (AvgIpc) is 2.65. The van der Waals surface area contributed by atoms with Gasteiger partial charge in [-0.1, -0.05) is 11.6 Å². The number of nitrogens with one attached hydrogen (secondary N) is 1. The fourth-order valence-corrected chi connectivity index (χ4v) is 2.53. The Morgan fingerprint density at radius 1 is 1.47 bits per heavy atom. The molecule has 1 atom stereocenters. The molecule has 1 fully saturated rings. The van der Waals surface area contributed by atoms with E-state index in [1.165, 1.54) is 0 Å². The number of hydrogen-bond donors (Lipinski definition) is 1. The molecule has 1 amide bonds. The van der Waals surface area contributed by atoms with Gasteiger partial charge in [0.2, 0.25) is 0 Å². The van der Waals surface area contributed by atoms with E-state index in [9.17, 15) is 4.79 Å². The van der Waals surface area contributed by atoms with Gasteiger partial charge in [0.05, 0.1) is 11.3 Å². The maximum absolute atomic E-state index is 11.8. The van der Waals surface area contributed by atoms with Gasteiger partial charge in [-0.3, -0.25) is 4.79 Å². The molecule has 2 aliphatic rings. The number of nitrogens with zero attached hydrogens (tertiary/aromatic N) is 1. The molecule has 0 spiro atoms. The van der Waals surface area contributed by atoms with Gasteiger partial charge in [0.15, 0.2) is 0 Å². The molecule has 2 heterocycles. The summed E-state index contributed by atoms with van der Waals surface area (Å²) in [5.41, 5.74) is 1.71. The molecule has 1 N–H and O–H groups in total. The molecule has 1 aromatic carbocycles. The normalized spacial score (nSPS) is 23.4. The lowest BCUT2D eigenvalue weighted by atomic mass is 10.1. The number of anilines is 1. The highest BCUT2D eigenvalue weighted by Gasteiger charge is 2.33. The zero-order chi connectivity index (χ0) is 10.4. The Kier molecular flexibility index (Phi) is 1.89. The third-order valence-electron chi connectivity index (χ3n) is 3.06. The molecule has 0 aromatic heterocycles. The largest absolute Gasteiger partial charge is 0.351 e. The van der Waals surface area contributed by atoms with Crippen LogP contribution in [0.25, 0.3) is 0 Å². The van der Waals surface area contributed by atoms with Crippen molar-refractivity contribution in [2.45, 2.75) is 19.0 Å². The summed E-state index contributed by atoms with van der Waals surface area (Å²) >= 11 is 5.96. The number of benzene rings is 1. The highest BCUT2D eigenvalue weighted by atomic mass is 35.5. The highest BCUT2D eigenvalue weighted by Crippen LogP contribution is 2.33. The minimum atomic E-state index is 0.0183. The fraction of sp³-hybridized carbons (Fsp3) is 0.364. The summed E-state index contributed by atoms with van der Waals surface area (Å²) in [7, 11) is 0. The summed E-state index contributed by atoms with van der Waals surface area (Å²) in [5, 5.41) is 3.69. The van der Waals surface area contributed by atoms with E-state index < -0.39 is 0 Å². The van der Waals surface area contributed by atoms with Crippen LogP contribution in [-0.2, 0) is 0 Å². The monoisotopic (exact) mass is 222 g/mol. The predicted molar refractivity (Wildman–Crippen MR) is 59.3 cm³/mol. The molecule has 4 heteroatoms. The minimum absolute atomic E-state index is 0.0183. The Morgan fingerprint density at radius 3 is 3.20 bits per heavy atom. The van der Waals surface area contributed by atoms with Crippen molar-refractivity contribution >= 4 is 23.2 Å². The Hall–Kier alpha value is -1.22. The summed E-state index contributed by atoms with van der Waals surface area (Å²) in [6.45, 7) is 0.998. The SMILES string of the molecule is O=C1NC2CCCN2c2cc(Cl)ccc21. The van der Waals surface area contributed by atoms with Gasteiger partial charge in [-0.25, -0.2) is 0 Å². The number of carbonyl (C=O) groups is 1. The van der Waals surface area contributed by atoms with Crippen LogP contribution in [0.2, 0.25) is 5.02 Å². The van der Waals surface area contributed by atoms with Gasteiger partial charge in [0, 0.05) is 11.6 Å². The molecular weight excluding hydrogens is 212 g/mol. The fourth-order valence-electron chi connectivity index (χ4n) is 2.37. The molecule has 1 saturated heterocycles. The third kappa shape index (κ3) is 1.30. The first kappa shape index (κ1) is 9.04. The first-order valence-corrected chi connectivity index (χ1v) is 5.50. The van der Waals surface area contributed by atoms with Gasteiger partial charge in [0.25, 0.3) is 5.91 Å². The van der Waals surface area contributed by atoms with E-state index in [4.69, 9.17) is 11.6 Å². The Balaban J connectivity index is 2.15. The van der Waals surface area contributed by atoms with E-state index in [0.29, 0.717) is 5.02 Å². The Bertz CT molecular complexity index is 433. The molecular formula is C11H11ClN2O. The van der Waals surface area contributed by atoms with Crippen LogP contribution < -0.4 is 10.2 Å². The molecule has 1 aromatic rings. The van der Waals surface area contributed by atoms with Crippen LogP contribution >= 0.6 is 11.6 Å². The summed E-state index contributed by atoms with van der Waals surface area (Å²) in [5.74, 6) is 0.0183. The van der Waals surface area contributed by atoms with Gasteiger partial charge < -0.3 is 10.2 Å². The number of fused-ring (bicyclic) bond motifs is 3. The van der Waals surface area contributed by atoms with E-state index in [2.05, 4.69) is 10.2 Å². The van der Waals surface area contributed by atoms with Crippen LogP contribution in [0.4, 0.5) is 5.69 Å². The number of rotatable bonds is 0. The first-order valence-electron chi connectivity index (χ1n) is 5.13. The van der Waals surface area contributed by atoms with Crippen LogP contribution in [0.15, 0.2) is 18.2 Å². The zero-order valence-corrected chi connectivity index (χ0v) is 8.92. The van der Waals surface area contributed by atoms with E-state index in [0.717, 1.165) is 30.6 Å². The summed E-state index contributed by atoms with van der Waals surface area (Å²) < 4.78 is 0. The van der Waals surface area contributed by atoms with E-state index in [1.807, 2.05) is 6.07 Å². The second-order valence-corrected chi connectivity index (χ2v) is 4.42. The van der Waals surface area contributed by atoms with E-state index in [1.54, 1.807) is 12.1 Å². The van der Waals surface area contributed by atoms with Crippen LogP contribution in [-0.4, -0.2) is 18.6 Å². The second kappa shape index (κ2) is 3.14. The molecule has 78 valence electrons. The first-order chi connectivity index (χ1) is 7.25. The second-order valence-electron chi connectivity index (χ2n) is 3.99. The predicted octanol–water partition coefficient (Wildman–Crippen LogP) is 2.01. The number of amides is 1. The van der Waals surface area contributed by atoms with Gasteiger partial charge in [-0.05, 0) is 31.0 Å². The molecule has 0 aliphatic carbocycles. The molecule has 1 unspecified atom stereocenters. The van der Waals surface area contributed by atoms with Crippen LogP contribution in [0.1, 0.15) is 23.2 Å². The lowest BCUT2D eigenvalue weighted by Crippen LogP contribution is -2.49. The van der Waals surface area contributed by atoms with Crippen LogP contribution in [0.5, 0.6) is 0 Å². The standard InChI is InChI=1S/C11H11ClN2O/c12-7-3-4-8-9(6-7)14-5-1-2-10(14)13-11(8)15/h3-4,6,10H,1-2,5H2,(H,13,15). The molecule has 2 aliphatic heterocycles. The lowest BCUT2D eigenvalue weighted by molar-refractivity contribution is 0.0931. The van der Waals surface area contributed by atoms with Gasteiger partial charge >= 0.3 is 0 Å².